The second kappa shape index (κ2) is 14.8. The van der Waals surface area contributed by atoms with Gasteiger partial charge < -0.3 is 48.5 Å². The van der Waals surface area contributed by atoms with Gasteiger partial charge in [0.1, 0.15) is 18.1 Å². The van der Waals surface area contributed by atoms with Crippen molar-refractivity contribution in [1.82, 2.24) is 16.0 Å². The van der Waals surface area contributed by atoms with Crippen molar-refractivity contribution in [2.75, 3.05) is 0 Å². The Kier molecular flexibility index (Phi) is 13.0. The summed E-state index contributed by atoms with van der Waals surface area (Å²) in [6.45, 7) is 0. The maximum atomic E-state index is 12.6. The molecule has 0 aliphatic rings. The lowest BCUT2D eigenvalue weighted by molar-refractivity contribution is -0.143. The van der Waals surface area contributed by atoms with E-state index in [-0.39, 0.29) is 6.42 Å². The van der Waals surface area contributed by atoms with E-state index in [1.54, 1.807) is 0 Å². The predicted octanol–water partition coefficient (Wildman–Crippen LogP) is -4.67. The number of hydrogen-bond donors (Lipinski definition) is 9. The highest BCUT2D eigenvalue weighted by Gasteiger charge is 2.32. The molecule has 0 spiro atoms. The van der Waals surface area contributed by atoms with Crippen LogP contribution in [0.5, 0.6) is 0 Å². The molecule has 4 atom stereocenters. The number of aliphatic carboxylic acids is 3. The van der Waals surface area contributed by atoms with Gasteiger partial charge in [-0.15, -0.1) is 0 Å². The standard InChI is InChI=1S/C18H28N6O11/c19-7(5-13(27)28)15(31)24-10(6-14(29)30)17(33)22-8(1-3-11(20)25)16(32)23-9(18(34)35)2-4-12(21)26/h7-10H,1-6,19H2,(H2,20,25)(H2,21,26)(H,22,33)(H,23,32)(H,24,31)(H,27,28)(H,29,30)(H,34,35). The molecular weight excluding hydrogens is 476 g/mol. The molecule has 17 nitrogen and oxygen atoms in total. The first kappa shape index (κ1) is 30.7. The summed E-state index contributed by atoms with van der Waals surface area (Å²) in [4.78, 5) is 92.5. The van der Waals surface area contributed by atoms with Gasteiger partial charge in [-0.2, -0.15) is 0 Å². The van der Waals surface area contributed by atoms with Gasteiger partial charge in [-0.05, 0) is 12.8 Å². The van der Waals surface area contributed by atoms with E-state index in [1.807, 2.05) is 5.32 Å². The van der Waals surface area contributed by atoms with E-state index in [0.29, 0.717) is 0 Å². The minimum Gasteiger partial charge on any atom is -0.481 e. The van der Waals surface area contributed by atoms with Crippen LogP contribution in [0.25, 0.3) is 0 Å². The summed E-state index contributed by atoms with van der Waals surface area (Å²) < 4.78 is 0. The number of carbonyl (C=O) groups is 8. The summed E-state index contributed by atoms with van der Waals surface area (Å²) in [7, 11) is 0. The summed E-state index contributed by atoms with van der Waals surface area (Å²) in [5, 5.41) is 33.1. The van der Waals surface area contributed by atoms with Crippen molar-refractivity contribution in [1.29, 1.82) is 0 Å². The lowest BCUT2D eigenvalue weighted by atomic mass is 10.1. The molecule has 0 bridgehead atoms. The fourth-order valence-corrected chi connectivity index (χ4v) is 2.59. The van der Waals surface area contributed by atoms with Crippen LogP contribution in [0.15, 0.2) is 0 Å². The zero-order valence-corrected chi connectivity index (χ0v) is 18.4. The molecule has 35 heavy (non-hydrogen) atoms. The van der Waals surface area contributed by atoms with Crippen molar-refractivity contribution >= 4 is 47.4 Å². The molecule has 0 aromatic heterocycles. The Balaban J connectivity index is 5.62. The molecule has 0 fully saturated rings. The van der Waals surface area contributed by atoms with E-state index in [4.69, 9.17) is 27.4 Å². The van der Waals surface area contributed by atoms with Crippen LogP contribution in [0.3, 0.4) is 0 Å². The van der Waals surface area contributed by atoms with Crippen molar-refractivity contribution in [3.8, 4) is 0 Å². The Hall–Kier alpha value is -4.28. The molecule has 0 aromatic carbocycles. The van der Waals surface area contributed by atoms with Crippen LogP contribution in [0.4, 0.5) is 0 Å². The van der Waals surface area contributed by atoms with Crippen molar-refractivity contribution in [3.63, 3.8) is 0 Å². The Morgan fingerprint density at radius 2 is 1.00 bits per heavy atom. The van der Waals surface area contributed by atoms with Crippen molar-refractivity contribution < 1.29 is 53.7 Å². The molecule has 0 rings (SSSR count). The van der Waals surface area contributed by atoms with Crippen LogP contribution in [0, 0.1) is 0 Å². The Bertz CT molecular complexity index is 862. The number of nitrogens with one attached hydrogen (secondary N) is 3. The molecule has 4 unspecified atom stereocenters. The third kappa shape index (κ3) is 13.1. The molecule has 0 aromatic rings. The Labute approximate surface area is 197 Å². The third-order valence-corrected chi connectivity index (χ3v) is 4.35. The number of amides is 5. The van der Waals surface area contributed by atoms with E-state index < -0.39 is 104 Å². The first-order valence-corrected chi connectivity index (χ1v) is 10.0. The smallest absolute Gasteiger partial charge is 0.326 e. The van der Waals surface area contributed by atoms with Gasteiger partial charge in [0, 0.05) is 12.8 Å². The number of carbonyl (C=O) groups excluding carboxylic acids is 5. The topological polar surface area (TPSA) is 311 Å². The van der Waals surface area contributed by atoms with E-state index in [9.17, 15) is 43.5 Å². The highest BCUT2D eigenvalue weighted by Crippen LogP contribution is 2.05. The van der Waals surface area contributed by atoms with Gasteiger partial charge in [0.2, 0.25) is 29.5 Å². The number of primary amides is 2. The van der Waals surface area contributed by atoms with E-state index in [2.05, 4.69) is 10.6 Å². The number of nitrogens with two attached hydrogens (primary N) is 3. The van der Waals surface area contributed by atoms with Crippen LogP contribution < -0.4 is 33.2 Å². The SMILES string of the molecule is NC(=O)CCC(NC(=O)C(CCC(N)=O)NC(=O)C(CC(=O)O)NC(=O)C(N)CC(=O)O)C(=O)O. The highest BCUT2D eigenvalue weighted by molar-refractivity contribution is 5.96. The molecule has 0 saturated carbocycles. The van der Waals surface area contributed by atoms with Gasteiger partial charge in [0.15, 0.2) is 0 Å². The van der Waals surface area contributed by atoms with E-state index >= 15 is 0 Å². The molecule has 0 saturated heterocycles. The van der Waals surface area contributed by atoms with Crippen LogP contribution >= 0.6 is 0 Å². The zero-order chi connectivity index (χ0) is 27.3. The summed E-state index contributed by atoms with van der Waals surface area (Å²) in [5.74, 6) is -9.72. The lowest BCUT2D eigenvalue weighted by Gasteiger charge is -2.24. The lowest BCUT2D eigenvalue weighted by Crippen LogP contribution is -2.57. The molecule has 17 heteroatoms. The van der Waals surface area contributed by atoms with Crippen molar-refractivity contribution in [2.24, 2.45) is 17.2 Å². The van der Waals surface area contributed by atoms with E-state index in [1.165, 1.54) is 0 Å². The number of carboxylic acid groups (broad SMARTS) is 3. The summed E-state index contributed by atoms with van der Waals surface area (Å²) >= 11 is 0. The quantitative estimate of drug-likeness (QED) is 0.0902. The number of hydrogen-bond acceptors (Lipinski definition) is 9. The average molecular weight is 504 g/mol. The molecule has 0 aliphatic carbocycles. The zero-order valence-electron chi connectivity index (χ0n) is 18.4. The molecule has 196 valence electrons. The third-order valence-electron chi connectivity index (χ3n) is 4.35. The molecule has 0 radical (unpaired) electrons. The minimum absolute atomic E-state index is 0.383. The van der Waals surface area contributed by atoms with Crippen LogP contribution in [0.2, 0.25) is 0 Å². The van der Waals surface area contributed by atoms with Crippen molar-refractivity contribution in [3.05, 3.63) is 0 Å². The minimum atomic E-state index is -1.81. The van der Waals surface area contributed by atoms with Gasteiger partial charge in [0.05, 0.1) is 18.9 Å². The Morgan fingerprint density at radius 3 is 1.43 bits per heavy atom. The Morgan fingerprint density at radius 1 is 0.600 bits per heavy atom. The van der Waals surface area contributed by atoms with Crippen molar-refractivity contribution in [2.45, 2.75) is 62.7 Å². The predicted molar refractivity (Wildman–Crippen MR) is 113 cm³/mol. The molecule has 0 aliphatic heterocycles. The van der Waals surface area contributed by atoms with Gasteiger partial charge in [-0.1, -0.05) is 0 Å². The monoisotopic (exact) mass is 504 g/mol. The van der Waals surface area contributed by atoms with Gasteiger partial charge >= 0.3 is 17.9 Å². The fourth-order valence-electron chi connectivity index (χ4n) is 2.59. The summed E-state index contributed by atoms with van der Waals surface area (Å²) in [6.07, 6.45) is -3.46. The normalized spacial score (nSPS) is 13.9. The molecule has 5 amide bonds. The number of rotatable bonds is 17. The maximum absolute atomic E-state index is 12.6. The molecule has 12 N–H and O–H groups in total. The van der Waals surface area contributed by atoms with Gasteiger partial charge in [-0.25, -0.2) is 4.79 Å². The number of carboxylic acids is 3. The van der Waals surface area contributed by atoms with Gasteiger partial charge in [0.25, 0.3) is 0 Å². The second-order valence-electron chi connectivity index (χ2n) is 7.33. The summed E-state index contributed by atoms with van der Waals surface area (Å²) in [5.41, 5.74) is 15.4. The second-order valence-corrected chi connectivity index (χ2v) is 7.33. The first-order chi connectivity index (χ1) is 16.1. The maximum Gasteiger partial charge on any atom is 0.326 e. The molecule has 0 heterocycles. The average Bonchev–Trinajstić information content (AvgIpc) is 2.71. The van der Waals surface area contributed by atoms with Crippen LogP contribution in [-0.4, -0.2) is 86.9 Å². The van der Waals surface area contributed by atoms with Gasteiger partial charge in [-0.3, -0.25) is 33.6 Å². The largest absolute Gasteiger partial charge is 0.481 e. The first-order valence-electron chi connectivity index (χ1n) is 10.0. The summed E-state index contributed by atoms with van der Waals surface area (Å²) in [6, 6.07) is -6.63. The molecular formula is C18H28N6O11. The van der Waals surface area contributed by atoms with Crippen LogP contribution in [0.1, 0.15) is 38.5 Å². The van der Waals surface area contributed by atoms with E-state index in [0.717, 1.165) is 0 Å². The highest BCUT2D eigenvalue weighted by atomic mass is 16.4. The fraction of sp³-hybridized carbons (Fsp3) is 0.556. The van der Waals surface area contributed by atoms with Crippen LogP contribution in [-0.2, 0) is 38.4 Å².